The minimum Gasteiger partial charge on any atom is -0.744 e. The first-order valence-electron chi connectivity index (χ1n) is 6.35. The van der Waals surface area contributed by atoms with Gasteiger partial charge in [0, 0.05) is 0 Å². The SMILES string of the molecule is Cc1ccc(S(=O)(=O)[O-])c(N2C(=O)c3ccccc3C2=O)c1. The fourth-order valence-corrected chi connectivity index (χ4v) is 3.06. The summed E-state index contributed by atoms with van der Waals surface area (Å²) in [5, 5.41) is 0. The number of benzene rings is 2. The predicted octanol–water partition coefficient (Wildman–Crippen LogP) is 1.70. The number of nitrogens with zero attached hydrogens (tertiary/aromatic N) is 1. The molecular formula is C15H10NO5S-. The average Bonchev–Trinajstić information content (AvgIpc) is 2.70. The van der Waals surface area contributed by atoms with Crippen LogP contribution < -0.4 is 4.90 Å². The molecule has 0 saturated carbocycles. The molecule has 1 heterocycles. The molecule has 112 valence electrons. The van der Waals surface area contributed by atoms with Crippen LogP contribution in [0.1, 0.15) is 26.3 Å². The Labute approximate surface area is 126 Å². The fraction of sp³-hybridized carbons (Fsp3) is 0.0667. The highest BCUT2D eigenvalue weighted by Crippen LogP contribution is 2.33. The van der Waals surface area contributed by atoms with Crippen LogP contribution in [-0.2, 0) is 10.1 Å². The highest BCUT2D eigenvalue weighted by atomic mass is 32.2. The van der Waals surface area contributed by atoms with Gasteiger partial charge in [0.2, 0.25) is 0 Å². The highest BCUT2D eigenvalue weighted by molar-refractivity contribution is 7.86. The predicted molar refractivity (Wildman–Crippen MR) is 76.7 cm³/mol. The number of hydrogen-bond acceptors (Lipinski definition) is 5. The zero-order valence-electron chi connectivity index (χ0n) is 11.4. The third-order valence-corrected chi connectivity index (χ3v) is 4.30. The summed E-state index contributed by atoms with van der Waals surface area (Å²) in [5.41, 5.74) is 0.784. The van der Waals surface area contributed by atoms with Crippen molar-refractivity contribution in [1.82, 2.24) is 0 Å². The molecule has 0 fully saturated rings. The van der Waals surface area contributed by atoms with Gasteiger partial charge in [0.15, 0.2) is 0 Å². The zero-order chi connectivity index (χ0) is 16.1. The quantitative estimate of drug-likeness (QED) is 0.621. The van der Waals surface area contributed by atoms with Gasteiger partial charge in [-0.1, -0.05) is 18.2 Å². The maximum absolute atomic E-state index is 12.4. The molecule has 2 aromatic carbocycles. The minimum atomic E-state index is -4.82. The number of hydrogen-bond donors (Lipinski definition) is 0. The van der Waals surface area contributed by atoms with Crippen LogP contribution >= 0.6 is 0 Å². The van der Waals surface area contributed by atoms with Crippen molar-refractivity contribution in [3.8, 4) is 0 Å². The van der Waals surface area contributed by atoms with Gasteiger partial charge in [-0.15, -0.1) is 0 Å². The molecule has 0 atom stereocenters. The van der Waals surface area contributed by atoms with Crippen LogP contribution in [0.4, 0.5) is 5.69 Å². The Hall–Kier alpha value is -2.51. The van der Waals surface area contributed by atoms with E-state index in [1.807, 2.05) is 0 Å². The van der Waals surface area contributed by atoms with E-state index >= 15 is 0 Å². The number of fused-ring (bicyclic) bond motifs is 1. The molecule has 0 saturated heterocycles. The van der Waals surface area contributed by atoms with E-state index in [4.69, 9.17) is 0 Å². The third-order valence-electron chi connectivity index (χ3n) is 3.42. The first-order chi connectivity index (χ1) is 10.3. The molecule has 0 aliphatic carbocycles. The van der Waals surface area contributed by atoms with Crippen LogP contribution in [-0.4, -0.2) is 24.8 Å². The fourth-order valence-electron chi connectivity index (χ4n) is 2.42. The van der Waals surface area contributed by atoms with Crippen LogP contribution in [0.3, 0.4) is 0 Å². The summed E-state index contributed by atoms with van der Waals surface area (Å²) >= 11 is 0. The zero-order valence-corrected chi connectivity index (χ0v) is 12.3. The van der Waals surface area contributed by atoms with Gasteiger partial charge in [0.1, 0.15) is 10.1 Å². The Morgan fingerprint density at radius 2 is 1.50 bits per heavy atom. The largest absolute Gasteiger partial charge is 0.744 e. The lowest BCUT2D eigenvalue weighted by Gasteiger charge is -2.20. The summed E-state index contributed by atoms with van der Waals surface area (Å²) in [4.78, 5) is 25.0. The summed E-state index contributed by atoms with van der Waals surface area (Å²) in [6.07, 6.45) is 0. The Balaban J connectivity index is 2.24. The van der Waals surface area contributed by atoms with Gasteiger partial charge in [0.05, 0.1) is 21.7 Å². The van der Waals surface area contributed by atoms with Crippen LogP contribution in [0, 0.1) is 6.92 Å². The van der Waals surface area contributed by atoms with E-state index in [0.29, 0.717) is 5.56 Å². The number of carbonyl (C=O) groups is 2. The molecule has 2 aromatic rings. The Morgan fingerprint density at radius 1 is 0.955 bits per heavy atom. The standard InChI is InChI=1S/C15H11NO5S/c1-9-6-7-13(22(19,20)21)12(8-9)16-14(17)10-4-2-3-5-11(10)15(16)18/h2-8H,1H3,(H,19,20,21)/p-1. The van der Waals surface area contributed by atoms with Crippen molar-refractivity contribution < 1.29 is 22.6 Å². The van der Waals surface area contributed by atoms with Crippen molar-refractivity contribution >= 4 is 27.6 Å². The smallest absolute Gasteiger partial charge is 0.266 e. The summed E-state index contributed by atoms with van der Waals surface area (Å²) in [6, 6.07) is 10.1. The number of rotatable bonds is 2. The lowest BCUT2D eigenvalue weighted by molar-refractivity contribution is 0.0925. The molecule has 7 heteroatoms. The summed E-state index contributed by atoms with van der Waals surface area (Å²) in [6.45, 7) is 1.67. The van der Waals surface area contributed by atoms with E-state index < -0.39 is 26.8 Å². The van der Waals surface area contributed by atoms with Crippen LogP contribution in [0.25, 0.3) is 0 Å². The molecule has 0 bridgehead atoms. The Bertz CT molecular complexity index is 882. The number of aryl methyl sites for hydroxylation is 1. The Morgan fingerprint density at radius 3 is 2.00 bits per heavy atom. The summed E-state index contributed by atoms with van der Waals surface area (Å²) in [5.74, 6) is -1.28. The maximum atomic E-state index is 12.4. The molecule has 0 radical (unpaired) electrons. The minimum absolute atomic E-state index is 0.184. The number of amides is 2. The monoisotopic (exact) mass is 316 g/mol. The van der Waals surface area contributed by atoms with E-state index in [0.717, 1.165) is 11.0 Å². The van der Waals surface area contributed by atoms with Crippen molar-refractivity contribution in [2.75, 3.05) is 4.90 Å². The molecule has 6 nitrogen and oxygen atoms in total. The number of carbonyl (C=O) groups excluding carboxylic acids is 2. The lowest BCUT2D eigenvalue weighted by Crippen LogP contribution is -2.30. The Kier molecular flexibility index (Phi) is 3.12. The number of anilines is 1. The van der Waals surface area contributed by atoms with E-state index in [2.05, 4.69) is 0 Å². The van der Waals surface area contributed by atoms with Crippen LogP contribution in [0.15, 0.2) is 47.4 Å². The van der Waals surface area contributed by atoms with Gasteiger partial charge in [-0.2, -0.15) is 0 Å². The van der Waals surface area contributed by atoms with Gasteiger partial charge < -0.3 is 4.55 Å². The second kappa shape index (κ2) is 4.75. The average molecular weight is 316 g/mol. The molecule has 0 unspecified atom stereocenters. The summed E-state index contributed by atoms with van der Waals surface area (Å²) < 4.78 is 34.2. The van der Waals surface area contributed by atoms with Gasteiger partial charge in [-0.3, -0.25) is 9.59 Å². The van der Waals surface area contributed by atoms with E-state index in [9.17, 15) is 22.6 Å². The van der Waals surface area contributed by atoms with Crippen LogP contribution in [0.2, 0.25) is 0 Å². The second-order valence-electron chi connectivity index (χ2n) is 4.92. The van der Waals surface area contributed by atoms with Gasteiger partial charge >= 0.3 is 0 Å². The first kappa shape index (κ1) is 14.4. The lowest BCUT2D eigenvalue weighted by atomic mass is 10.1. The van der Waals surface area contributed by atoms with E-state index in [1.165, 1.54) is 24.3 Å². The van der Waals surface area contributed by atoms with Crippen molar-refractivity contribution in [2.45, 2.75) is 11.8 Å². The molecule has 3 rings (SSSR count). The molecular weight excluding hydrogens is 306 g/mol. The summed E-state index contributed by atoms with van der Waals surface area (Å²) in [7, 11) is -4.82. The normalized spacial score (nSPS) is 14.4. The second-order valence-corrected chi connectivity index (χ2v) is 6.26. The van der Waals surface area contributed by atoms with Gasteiger partial charge in [0.25, 0.3) is 11.8 Å². The van der Waals surface area contributed by atoms with Crippen molar-refractivity contribution in [3.05, 3.63) is 59.2 Å². The molecule has 0 N–H and O–H groups in total. The highest BCUT2D eigenvalue weighted by Gasteiger charge is 2.38. The molecule has 1 aliphatic heterocycles. The molecule has 0 spiro atoms. The maximum Gasteiger partial charge on any atom is 0.266 e. The third kappa shape index (κ3) is 2.11. The molecule has 22 heavy (non-hydrogen) atoms. The van der Waals surface area contributed by atoms with Gasteiger partial charge in [-0.25, -0.2) is 13.3 Å². The van der Waals surface area contributed by atoms with Crippen molar-refractivity contribution in [3.63, 3.8) is 0 Å². The van der Waals surface area contributed by atoms with Crippen LogP contribution in [0.5, 0.6) is 0 Å². The number of imide groups is 1. The van der Waals surface area contributed by atoms with Gasteiger partial charge in [-0.05, 0) is 36.8 Å². The first-order valence-corrected chi connectivity index (χ1v) is 7.76. The molecule has 1 aliphatic rings. The topological polar surface area (TPSA) is 94.6 Å². The molecule has 2 amide bonds. The molecule has 0 aromatic heterocycles. The van der Waals surface area contributed by atoms with E-state index in [-0.39, 0.29) is 16.8 Å². The van der Waals surface area contributed by atoms with E-state index in [1.54, 1.807) is 19.1 Å². The van der Waals surface area contributed by atoms with Crippen molar-refractivity contribution in [1.29, 1.82) is 0 Å². The van der Waals surface area contributed by atoms with Crippen molar-refractivity contribution in [2.24, 2.45) is 0 Å².